The number of nitrogens with two attached hydrogens (primary N) is 1. The highest BCUT2D eigenvalue weighted by Gasteiger charge is 2.17. The van der Waals surface area contributed by atoms with Crippen molar-refractivity contribution < 1.29 is 9.47 Å². The molecule has 0 spiro atoms. The van der Waals surface area contributed by atoms with Crippen molar-refractivity contribution >= 4 is 11.3 Å². The van der Waals surface area contributed by atoms with Crippen molar-refractivity contribution in [1.82, 2.24) is 4.98 Å². The predicted octanol–water partition coefficient (Wildman–Crippen LogP) is 3.28. The molecule has 1 aromatic heterocycles. The van der Waals surface area contributed by atoms with Crippen molar-refractivity contribution in [3.05, 3.63) is 28.1 Å². The van der Waals surface area contributed by atoms with Crippen molar-refractivity contribution in [3.63, 3.8) is 0 Å². The lowest BCUT2D eigenvalue weighted by molar-refractivity contribution is 0.404. The Kier molecular flexibility index (Phi) is 5.59. The van der Waals surface area contributed by atoms with E-state index >= 15 is 0 Å². The van der Waals surface area contributed by atoms with E-state index in [4.69, 9.17) is 20.2 Å². The molecule has 2 aromatic rings. The number of ether oxygens (including phenoxy) is 2. The Labute approximate surface area is 129 Å². The van der Waals surface area contributed by atoms with E-state index in [1.165, 1.54) is 4.88 Å². The second-order valence-electron chi connectivity index (χ2n) is 4.73. The first kappa shape index (κ1) is 15.8. The van der Waals surface area contributed by atoms with Crippen molar-refractivity contribution in [2.24, 2.45) is 5.73 Å². The number of aryl methyl sites for hydroxylation is 1. The molecule has 0 aliphatic rings. The first-order valence-electron chi connectivity index (χ1n) is 7.14. The third-order valence-corrected chi connectivity index (χ3v) is 4.41. The van der Waals surface area contributed by atoms with E-state index in [9.17, 15) is 0 Å². The van der Waals surface area contributed by atoms with Crippen molar-refractivity contribution in [1.29, 1.82) is 0 Å². The number of nitrogens with zero attached hydrogens (tertiary/aromatic N) is 1. The number of hydrogen-bond donors (Lipinski definition) is 1. The molecule has 0 fully saturated rings. The maximum Gasteiger partial charge on any atom is 0.128 e. The van der Waals surface area contributed by atoms with Crippen LogP contribution in [0, 0.1) is 0 Å². The van der Waals surface area contributed by atoms with E-state index in [0.29, 0.717) is 6.54 Å². The molecule has 0 amide bonds. The normalized spacial score (nSPS) is 10.7. The van der Waals surface area contributed by atoms with Gasteiger partial charge in [0.05, 0.1) is 24.9 Å². The average molecular weight is 306 g/mol. The highest BCUT2D eigenvalue weighted by Crippen LogP contribution is 2.37. The lowest BCUT2D eigenvalue weighted by Crippen LogP contribution is -2.02. The van der Waals surface area contributed by atoms with Gasteiger partial charge in [-0.3, -0.25) is 0 Å². The van der Waals surface area contributed by atoms with Crippen LogP contribution < -0.4 is 15.2 Å². The Bertz CT molecular complexity index is 596. The molecular weight excluding hydrogens is 284 g/mol. The van der Waals surface area contributed by atoms with Crippen molar-refractivity contribution in [2.75, 3.05) is 20.8 Å². The predicted molar refractivity (Wildman–Crippen MR) is 87.4 cm³/mol. The summed E-state index contributed by atoms with van der Waals surface area (Å²) in [6, 6.07) is 5.78. The maximum atomic E-state index is 5.74. The topological polar surface area (TPSA) is 57.4 Å². The first-order valence-corrected chi connectivity index (χ1v) is 7.96. The van der Waals surface area contributed by atoms with Crippen LogP contribution in [0.25, 0.3) is 11.3 Å². The molecule has 0 radical (unpaired) electrons. The second kappa shape index (κ2) is 7.43. The smallest absolute Gasteiger partial charge is 0.128 e. The Hall–Kier alpha value is -1.59. The molecule has 0 saturated heterocycles. The van der Waals surface area contributed by atoms with Gasteiger partial charge in [-0.2, -0.15) is 0 Å². The molecular formula is C16H22N2O2S. The van der Waals surface area contributed by atoms with Crippen LogP contribution in [0.4, 0.5) is 0 Å². The Morgan fingerprint density at radius 1 is 1.19 bits per heavy atom. The van der Waals surface area contributed by atoms with Gasteiger partial charge in [-0.25, -0.2) is 4.98 Å². The molecule has 4 nitrogen and oxygen atoms in total. The van der Waals surface area contributed by atoms with E-state index in [0.717, 1.165) is 47.0 Å². The molecule has 2 rings (SSSR count). The van der Waals surface area contributed by atoms with E-state index in [-0.39, 0.29) is 0 Å². The molecule has 0 aliphatic heterocycles. The summed E-state index contributed by atoms with van der Waals surface area (Å²) in [6.45, 7) is 2.78. The van der Waals surface area contributed by atoms with Crippen LogP contribution in [0.3, 0.4) is 0 Å². The minimum absolute atomic E-state index is 0.618. The number of aromatic nitrogens is 1. The lowest BCUT2D eigenvalue weighted by Gasteiger charge is -2.10. The molecule has 5 heteroatoms. The average Bonchev–Trinajstić information content (AvgIpc) is 2.90. The van der Waals surface area contributed by atoms with Gasteiger partial charge in [-0.15, -0.1) is 11.3 Å². The highest BCUT2D eigenvalue weighted by atomic mass is 32.1. The van der Waals surface area contributed by atoms with Gasteiger partial charge in [-0.1, -0.05) is 6.92 Å². The molecule has 0 saturated carbocycles. The van der Waals surface area contributed by atoms with Crippen LogP contribution in [-0.4, -0.2) is 25.7 Å². The van der Waals surface area contributed by atoms with Crippen LogP contribution in [-0.2, 0) is 12.8 Å². The summed E-state index contributed by atoms with van der Waals surface area (Å²) in [5, 5.41) is 1.15. The fourth-order valence-corrected chi connectivity index (χ4v) is 3.43. The van der Waals surface area contributed by atoms with Gasteiger partial charge in [0.1, 0.15) is 11.5 Å². The van der Waals surface area contributed by atoms with Gasteiger partial charge in [0.15, 0.2) is 0 Å². The summed E-state index contributed by atoms with van der Waals surface area (Å²) in [5.74, 6) is 1.61. The molecule has 2 N–H and O–H groups in total. The van der Waals surface area contributed by atoms with Gasteiger partial charge in [0.25, 0.3) is 0 Å². The molecule has 0 bridgehead atoms. The van der Waals surface area contributed by atoms with E-state index in [1.54, 1.807) is 25.6 Å². The quantitative estimate of drug-likeness (QED) is 0.853. The van der Waals surface area contributed by atoms with Crippen molar-refractivity contribution in [3.8, 4) is 22.8 Å². The molecule has 21 heavy (non-hydrogen) atoms. The Morgan fingerprint density at radius 2 is 2.00 bits per heavy atom. The molecule has 1 heterocycles. The van der Waals surface area contributed by atoms with E-state index in [2.05, 4.69) is 6.92 Å². The zero-order valence-electron chi connectivity index (χ0n) is 12.8. The fourth-order valence-electron chi connectivity index (χ4n) is 2.23. The van der Waals surface area contributed by atoms with Gasteiger partial charge in [0.2, 0.25) is 0 Å². The van der Waals surface area contributed by atoms with Gasteiger partial charge in [0, 0.05) is 10.4 Å². The molecule has 0 aliphatic carbocycles. The van der Waals surface area contributed by atoms with Gasteiger partial charge < -0.3 is 15.2 Å². The van der Waals surface area contributed by atoms with Crippen LogP contribution in [0.5, 0.6) is 11.5 Å². The Balaban J connectivity index is 2.52. The van der Waals surface area contributed by atoms with Gasteiger partial charge >= 0.3 is 0 Å². The number of hydrogen-bond acceptors (Lipinski definition) is 5. The van der Waals surface area contributed by atoms with Crippen LogP contribution in [0.2, 0.25) is 0 Å². The van der Waals surface area contributed by atoms with Crippen LogP contribution in [0.1, 0.15) is 23.2 Å². The largest absolute Gasteiger partial charge is 0.497 e. The minimum atomic E-state index is 0.618. The van der Waals surface area contributed by atoms with Crippen molar-refractivity contribution in [2.45, 2.75) is 26.2 Å². The van der Waals surface area contributed by atoms with E-state index < -0.39 is 0 Å². The first-order chi connectivity index (χ1) is 10.2. The highest BCUT2D eigenvalue weighted by molar-refractivity contribution is 7.12. The summed E-state index contributed by atoms with van der Waals surface area (Å²) in [4.78, 5) is 6.02. The number of methoxy groups -OCH3 is 2. The number of thiazole rings is 1. The summed E-state index contributed by atoms with van der Waals surface area (Å²) in [7, 11) is 3.34. The molecule has 0 atom stereocenters. The third-order valence-electron chi connectivity index (χ3n) is 3.24. The summed E-state index contributed by atoms with van der Waals surface area (Å²) in [6.07, 6.45) is 2.91. The van der Waals surface area contributed by atoms with Gasteiger partial charge in [-0.05, 0) is 44.0 Å². The van der Waals surface area contributed by atoms with E-state index in [1.807, 2.05) is 18.2 Å². The van der Waals surface area contributed by atoms with Crippen LogP contribution >= 0.6 is 11.3 Å². The maximum absolute atomic E-state index is 5.74. The third kappa shape index (κ3) is 3.54. The minimum Gasteiger partial charge on any atom is -0.497 e. The summed E-state index contributed by atoms with van der Waals surface area (Å²) in [5.41, 5.74) is 7.69. The Morgan fingerprint density at radius 3 is 2.62 bits per heavy atom. The molecule has 114 valence electrons. The molecule has 1 aromatic carbocycles. The number of rotatable bonds is 7. The zero-order chi connectivity index (χ0) is 15.2. The SMILES string of the molecule is CCCc1nc(-c2cc(OC)ccc2OC)c(CCN)s1. The standard InChI is InChI=1S/C16H22N2O2S/c1-4-5-15-18-16(14(21-15)8-9-17)12-10-11(19-2)6-7-13(12)20-3/h6-7,10H,4-5,8-9,17H2,1-3H3. The lowest BCUT2D eigenvalue weighted by atomic mass is 10.1. The van der Waals surface area contributed by atoms with Crippen LogP contribution in [0.15, 0.2) is 18.2 Å². The summed E-state index contributed by atoms with van der Waals surface area (Å²) >= 11 is 1.75. The number of benzene rings is 1. The molecule has 0 unspecified atom stereocenters. The monoisotopic (exact) mass is 306 g/mol. The fraction of sp³-hybridized carbons (Fsp3) is 0.438. The zero-order valence-corrected chi connectivity index (χ0v) is 13.6. The summed E-state index contributed by atoms with van der Waals surface area (Å²) < 4.78 is 10.8. The second-order valence-corrected chi connectivity index (χ2v) is 5.90.